The molecule has 4 rings (SSSR count). The zero-order chi connectivity index (χ0) is 19.8. The number of Topliss-reactive ketones (excluding diaryl/α,β-unsaturated/α-hetero) is 1. The van der Waals surface area contributed by atoms with E-state index >= 15 is 0 Å². The van der Waals surface area contributed by atoms with Gasteiger partial charge >= 0.3 is 0 Å². The van der Waals surface area contributed by atoms with Crippen LogP contribution in [-0.2, 0) is 9.59 Å². The van der Waals surface area contributed by atoms with Crippen molar-refractivity contribution in [3.05, 3.63) is 23.5 Å². The van der Waals surface area contributed by atoms with Crippen LogP contribution in [0, 0.1) is 28.6 Å². The van der Waals surface area contributed by atoms with Gasteiger partial charge in [0.2, 0.25) is 0 Å². The molecule has 0 heterocycles. The summed E-state index contributed by atoms with van der Waals surface area (Å²) in [5.74, 6) is -0.843. The summed E-state index contributed by atoms with van der Waals surface area (Å²) in [4.78, 5) is 25.2. The second kappa shape index (κ2) is 5.75. The molecule has 4 aliphatic rings. The normalized spacial score (nSPS) is 48.9. The van der Waals surface area contributed by atoms with E-state index in [1.807, 2.05) is 13.8 Å². The maximum absolute atomic E-state index is 12.9. The van der Waals surface area contributed by atoms with Gasteiger partial charge in [0.15, 0.2) is 11.6 Å². The van der Waals surface area contributed by atoms with E-state index in [9.17, 15) is 30.0 Å². The number of rotatable bonds is 2. The predicted molar refractivity (Wildman–Crippen MR) is 96.6 cm³/mol. The highest BCUT2D eigenvalue weighted by molar-refractivity contribution is 5.99. The van der Waals surface area contributed by atoms with Crippen LogP contribution in [-0.4, -0.2) is 50.3 Å². The van der Waals surface area contributed by atoms with Crippen LogP contribution in [0.2, 0.25) is 0 Å². The first-order chi connectivity index (χ1) is 12.6. The van der Waals surface area contributed by atoms with Crippen LogP contribution in [0.5, 0.6) is 0 Å². The number of fused-ring (bicyclic) bond motifs is 5. The minimum atomic E-state index is -1.55. The Balaban J connectivity index is 1.75. The van der Waals surface area contributed by atoms with Gasteiger partial charge in [0.25, 0.3) is 0 Å². The molecule has 0 saturated heterocycles. The lowest BCUT2D eigenvalue weighted by Crippen LogP contribution is -2.60. The molecule has 6 heteroatoms. The maximum Gasteiger partial charge on any atom is 0.190 e. The summed E-state index contributed by atoms with van der Waals surface area (Å²) in [5, 5.41) is 41.2. The molecule has 0 aromatic carbocycles. The summed E-state index contributed by atoms with van der Waals surface area (Å²) in [6.45, 7) is 3.10. The molecule has 0 aromatic rings. The van der Waals surface area contributed by atoms with Gasteiger partial charge in [0.05, 0.1) is 11.5 Å². The summed E-state index contributed by atoms with van der Waals surface area (Å²) in [6.07, 6.45) is 4.57. The Labute approximate surface area is 158 Å². The maximum atomic E-state index is 12.9. The van der Waals surface area contributed by atoms with Crippen LogP contribution in [0.4, 0.5) is 0 Å². The molecule has 0 spiro atoms. The third kappa shape index (κ3) is 2.18. The SMILES string of the molecule is CC12C(=O)C=C(O)C=C1C(O)CC1C2CCC2(C)C1CCC2(O)C(=O)CO. The number of ketones is 2. The van der Waals surface area contributed by atoms with Crippen molar-refractivity contribution in [3.8, 4) is 0 Å². The van der Waals surface area contributed by atoms with E-state index in [0.717, 1.165) is 0 Å². The van der Waals surface area contributed by atoms with Gasteiger partial charge in [0, 0.05) is 11.5 Å². The fourth-order valence-corrected chi connectivity index (χ4v) is 6.94. The predicted octanol–water partition coefficient (Wildman–Crippen LogP) is 1.44. The van der Waals surface area contributed by atoms with E-state index in [1.165, 1.54) is 12.2 Å². The van der Waals surface area contributed by atoms with E-state index in [2.05, 4.69) is 0 Å². The molecule has 7 atom stereocenters. The lowest BCUT2D eigenvalue weighted by atomic mass is 9.46. The topological polar surface area (TPSA) is 115 Å². The molecule has 0 aromatic heterocycles. The molecule has 0 aliphatic heterocycles. The van der Waals surface area contributed by atoms with Crippen LogP contribution in [0.15, 0.2) is 23.5 Å². The second-order valence-corrected chi connectivity index (χ2v) is 9.30. The van der Waals surface area contributed by atoms with Gasteiger partial charge in [-0.05, 0) is 68.4 Å². The molecule has 4 aliphatic carbocycles. The Kier molecular flexibility index (Phi) is 4.01. The molecule has 0 bridgehead atoms. The van der Waals surface area contributed by atoms with Crippen molar-refractivity contribution in [3.63, 3.8) is 0 Å². The fraction of sp³-hybridized carbons (Fsp3) is 0.714. The highest BCUT2D eigenvalue weighted by Crippen LogP contribution is 2.67. The molecule has 4 N–H and O–H groups in total. The van der Waals surface area contributed by atoms with Crippen molar-refractivity contribution >= 4 is 11.6 Å². The number of aliphatic hydroxyl groups excluding tert-OH is 3. The van der Waals surface area contributed by atoms with Crippen molar-refractivity contribution in [1.29, 1.82) is 0 Å². The summed E-state index contributed by atoms with van der Waals surface area (Å²) in [5.41, 5.74) is -2.50. The van der Waals surface area contributed by atoms with Gasteiger partial charge in [0.1, 0.15) is 18.0 Å². The van der Waals surface area contributed by atoms with Gasteiger partial charge in [-0.15, -0.1) is 0 Å². The van der Waals surface area contributed by atoms with Gasteiger partial charge in [-0.3, -0.25) is 9.59 Å². The molecule has 148 valence electrons. The van der Waals surface area contributed by atoms with Crippen molar-refractivity contribution < 1.29 is 30.0 Å². The minimum Gasteiger partial charge on any atom is -0.508 e. The van der Waals surface area contributed by atoms with E-state index in [4.69, 9.17) is 0 Å². The smallest absolute Gasteiger partial charge is 0.190 e. The zero-order valence-electron chi connectivity index (χ0n) is 15.8. The Hall–Kier alpha value is -1.50. The Morgan fingerprint density at radius 3 is 2.52 bits per heavy atom. The average molecular weight is 376 g/mol. The van der Waals surface area contributed by atoms with Crippen LogP contribution < -0.4 is 0 Å². The quantitative estimate of drug-likeness (QED) is 0.580. The van der Waals surface area contributed by atoms with Crippen molar-refractivity contribution in [2.24, 2.45) is 28.6 Å². The van der Waals surface area contributed by atoms with E-state index in [0.29, 0.717) is 37.7 Å². The molecule has 0 amide bonds. The number of carbonyl (C=O) groups excluding carboxylic acids is 2. The van der Waals surface area contributed by atoms with Gasteiger partial charge in [-0.25, -0.2) is 0 Å². The molecule has 7 unspecified atom stereocenters. The lowest BCUT2D eigenvalue weighted by Gasteiger charge is -2.58. The summed E-state index contributed by atoms with van der Waals surface area (Å²) in [7, 11) is 0. The van der Waals surface area contributed by atoms with Gasteiger partial charge in [-0.1, -0.05) is 6.92 Å². The van der Waals surface area contributed by atoms with E-state index < -0.39 is 34.9 Å². The molecule has 3 fully saturated rings. The van der Waals surface area contributed by atoms with E-state index in [1.54, 1.807) is 0 Å². The number of hydrogen-bond acceptors (Lipinski definition) is 6. The van der Waals surface area contributed by atoms with Crippen LogP contribution in [0.3, 0.4) is 0 Å². The van der Waals surface area contributed by atoms with Crippen molar-refractivity contribution in [2.45, 2.75) is 57.7 Å². The Morgan fingerprint density at radius 2 is 1.85 bits per heavy atom. The first-order valence-corrected chi connectivity index (χ1v) is 9.81. The first kappa shape index (κ1) is 18.8. The lowest BCUT2D eigenvalue weighted by molar-refractivity contribution is -0.167. The third-order valence-electron chi connectivity index (χ3n) is 8.48. The minimum absolute atomic E-state index is 0.000916. The molecule has 3 saturated carbocycles. The highest BCUT2D eigenvalue weighted by Gasteiger charge is 2.67. The summed E-state index contributed by atoms with van der Waals surface area (Å²) >= 11 is 0. The van der Waals surface area contributed by atoms with Crippen LogP contribution in [0.25, 0.3) is 0 Å². The fourth-order valence-electron chi connectivity index (χ4n) is 6.94. The van der Waals surface area contributed by atoms with Crippen molar-refractivity contribution in [2.75, 3.05) is 6.61 Å². The second-order valence-electron chi connectivity index (χ2n) is 9.30. The van der Waals surface area contributed by atoms with Gasteiger partial charge in [-0.2, -0.15) is 0 Å². The summed E-state index contributed by atoms with van der Waals surface area (Å²) in [6, 6.07) is 0. The first-order valence-electron chi connectivity index (χ1n) is 9.81. The zero-order valence-corrected chi connectivity index (χ0v) is 15.8. The molecule has 6 nitrogen and oxygen atoms in total. The van der Waals surface area contributed by atoms with E-state index in [-0.39, 0.29) is 29.3 Å². The number of allylic oxidation sites excluding steroid dienone is 2. The molecule has 27 heavy (non-hydrogen) atoms. The number of hydrogen-bond donors (Lipinski definition) is 4. The van der Waals surface area contributed by atoms with Crippen LogP contribution in [0.1, 0.15) is 46.0 Å². The molecular weight excluding hydrogens is 348 g/mol. The third-order valence-corrected chi connectivity index (χ3v) is 8.48. The largest absolute Gasteiger partial charge is 0.508 e. The number of aliphatic hydroxyl groups is 4. The summed E-state index contributed by atoms with van der Waals surface area (Å²) < 4.78 is 0. The average Bonchev–Trinajstić information content (AvgIpc) is 2.89. The molecular formula is C21H28O6. The molecule has 0 radical (unpaired) electrons. The monoisotopic (exact) mass is 376 g/mol. The van der Waals surface area contributed by atoms with Crippen LogP contribution >= 0.6 is 0 Å². The Bertz CT molecular complexity index is 769. The van der Waals surface area contributed by atoms with Crippen molar-refractivity contribution in [1.82, 2.24) is 0 Å². The standard InChI is InChI=1S/C21H28O6/c1-19-5-3-14-12(13(19)4-6-21(19,27)18(26)10-22)9-16(24)15-7-11(23)8-17(25)20(14,15)2/h7-8,12-14,16,22-24,27H,3-6,9-10H2,1-2H3. The van der Waals surface area contributed by atoms with Gasteiger partial charge < -0.3 is 20.4 Å². The Morgan fingerprint density at radius 1 is 1.19 bits per heavy atom. The highest BCUT2D eigenvalue weighted by atomic mass is 16.3. The number of carbonyl (C=O) groups is 2.